The predicted molar refractivity (Wildman–Crippen MR) is 535 cm³/mol. The smallest absolute Gasteiger partial charge is 0.0468 e. The zero-order valence-corrected chi connectivity index (χ0v) is 70.3. The molecule has 0 saturated carbocycles. The van der Waals surface area contributed by atoms with Crippen LogP contribution in [0.5, 0.6) is 0 Å². The summed E-state index contributed by atoms with van der Waals surface area (Å²) in [6, 6.07) is 170. The van der Waals surface area contributed by atoms with E-state index in [1.165, 1.54) is 198 Å². The molecule has 0 fully saturated rings. The molecule has 0 atom stereocenters. The quantitative estimate of drug-likeness (QED) is 0.100. The van der Waals surface area contributed by atoms with Crippen LogP contribution in [0.25, 0.3) is 176 Å². The molecule has 0 saturated heterocycles. The fourth-order valence-corrected chi connectivity index (χ4v) is 20.0. The lowest BCUT2D eigenvalue weighted by Crippen LogP contribution is -2.14. The second kappa shape index (κ2) is 31.7. The number of hydrogen-bond acceptors (Lipinski definition) is 2. The molecule has 0 radical (unpaired) electrons. The van der Waals surface area contributed by atoms with Crippen LogP contribution in [0.15, 0.2) is 461 Å². The van der Waals surface area contributed by atoms with Gasteiger partial charge in [0.2, 0.25) is 0 Å². The molecular formula is C123H88N2. The molecule has 0 bridgehead atoms. The van der Waals surface area contributed by atoms with Gasteiger partial charge in [-0.2, -0.15) is 0 Å². The highest BCUT2D eigenvalue weighted by atomic mass is 15.1. The van der Waals surface area contributed by atoms with E-state index in [-0.39, 0.29) is 5.41 Å². The minimum absolute atomic E-state index is 0.0518. The summed E-state index contributed by atoms with van der Waals surface area (Å²) in [6.45, 7) is 9.02. The van der Waals surface area contributed by atoms with Crippen molar-refractivity contribution in [3.05, 3.63) is 483 Å². The third kappa shape index (κ3) is 13.5. The van der Waals surface area contributed by atoms with Gasteiger partial charge in [-0.15, -0.1) is 0 Å². The maximum atomic E-state index is 2.44. The Bertz CT molecular complexity index is 7870. The summed E-state index contributed by atoms with van der Waals surface area (Å²) in [5.41, 5.74) is 34.1. The van der Waals surface area contributed by atoms with Crippen molar-refractivity contribution in [3.8, 4) is 100 Å². The molecule has 0 aliphatic heterocycles. The van der Waals surface area contributed by atoms with E-state index in [4.69, 9.17) is 0 Å². The Kier molecular flexibility index (Phi) is 19.1. The summed E-state index contributed by atoms with van der Waals surface area (Å²) < 4.78 is 0. The first kappa shape index (κ1) is 75.5. The van der Waals surface area contributed by atoms with Gasteiger partial charge in [0.25, 0.3) is 0 Å². The van der Waals surface area contributed by atoms with Gasteiger partial charge < -0.3 is 9.80 Å². The fraction of sp³-hybridized carbons (Fsp3) is 0.0407. The Morgan fingerprint density at radius 1 is 0.168 bits per heavy atom. The number of benzene rings is 22. The van der Waals surface area contributed by atoms with Gasteiger partial charge in [0.1, 0.15) is 0 Å². The van der Waals surface area contributed by atoms with Crippen molar-refractivity contribution in [2.75, 3.05) is 9.80 Å². The summed E-state index contributed by atoms with van der Waals surface area (Å²) in [5, 5.41) is 17.4. The normalized spacial score (nSPS) is 12.1. The average Bonchev–Trinajstić information content (AvgIpc) is 1.54. The third-order valence-electron chi connectivity index (χ3n) is 26.0. The van der Waals surface area contributed by atoms with Crippen molar-refractivity contribution in [1.82, 2.24) is 0 Å². The molecular weight excluding hydrogens is 1510 g/mol. The van der Waals surface area contributed by atoms with Crippen LogP contribution in [-0.4, -0.2) is 0 Å². The predicted octanol–water partition coefficient (Wildman–Crippen LogP) is 34.6. The molecule has 2 heteroatoms. The summed E-state index contributed by atoms with van der Waals surface area (Å²) in [6.07, 6.45) is 0. The zero-order chi connectivity index (χ0) is 83.6. The summed E-state index contributed by atoms with van der Waals surface area (Å²) in [4.78, 5) is 4.83. The number of hydrogen-bond donors (Lipinski definition) is 0. The lowest BCUT2D eigenvalue weighted by atomic mass is 9.81. The van der Waals surface area contributed by atoms with Gasteiger partial charge in [0, 0.05) is 39.5 Å². The summed E-state index contributed by atoms with van der Waals surface area (Å²) in [7, 11) is 0. The molecule has 0 heterocycles. The molecule has 1 aliphatic carbocycles. The number of nitrogens with zero attached hydrogens (tertiary/aromatic N) is 2. The van der Waals surface area contributed by atoms with Crippen LogP contribution in [0.4, 0.5) is 34.1 Å². The van der Waals surface area contributed by atoms with Crippen LogP contribution in [0.1, 0.15) is 36.1 Å². The molecule has 22 aromatic rings. The van der Waals surface area contributed by atoms with Crippen LogP contribution in [0.2, 0.25) is 0 Å². The van der Waals surface area contributed by atoms with Crippen LogP contribution >= 0.6 is 0 Å². The molecule has 0 amide bonds. The lowest BCUT2D eigenvalue weighted by molar-refractivity contribution is 0.660. The monoisotopic (exact) mass is 1590 g/mol. The van der Waals surface area contributed by atoms with Gasteiger partial charge in [-0.1, -0.05) is 395 Å². The average molecular weight is 1590 g/mol. The highest BCUT2D eigenvalue weighted by Crippen LogP contribution is 2.55. The molecule has 590 valence electrons. The number of anilines is 6. The maximum Gasteiger partial charge on any atom is 0.0468 e. The first-order chi connectivity index (χ1) is 61.6. The van der Waals surface area contributed by atoms with Crippen LogP contribution in [0.3, 0.4) is 0 Å². The molecule has 125 heavy (non-hydrogen) atoms. The van der Waals surface area contributed by atoms with Crippen LogP contribution in [0, 0.1) is 13.8 Å². The SMILES string of the molecule is Cc1ccc(N(c2ccc(-c3ccc4c(c3)C(C)(C)c3ccccc3-4)cc2)c2ccc3c(c2)c2ccccc2c2c(-c4ccccc4)cc(-c4ccccc4)c(-c4ccccc4)c32)cc1.Cc1ccc(N(c2cccc(-c3cccc4ccccc34)c2)c2ccc3c(c2)c2ccccc2c2c(-c4ccccc4)cc(-c4ccccc4)c(-c4ccccc4)c32)cc1. The molecule has 0 spiro atoms. The summed E-state index contributed by atoms with van der Waals surface area (Å²) >= 11 is 0. The Morgan fingerprint density at radius 2 is 0.504 bits per heavy atom. The molecule has 22 aromatic carbocycles. The minimum Gasteiger partial charge on any atom is -0.310 e. The first-order valence-electron chi connectivity index (χ1n) is 43.5. The van der Waals surface area contributed by atoms with Gasteiger partial charge in [0.15, 0.2) is 0 Å². The van der Waals surface area contributed by atoms with E-state index in [2.05, 4.69) is 499 Å². The van der Waals surface area contributed by atoms with Crippen molar-refractivity contribution in [2.24, 2.45) is 0 Å². The second-order valence-corrected chi connectivity index (χ2v) is 33.8. The van der Waals surface area contributed by atoms with E-state index >= 15 is 0 Å². The van der Waals surface area contributed by atoms with Crippen molar-refractivity contribution < 1.29 is 0 Å². The number of aryl methyl sites for hydroxylation is 2. The van der Waals surface area contributed by atoms with Gasteiger partial charge in [-0.05, 0) is 292 Å². The van der Waals surface area contributed by atoms with Crippen molar-refractivity contribution in [1.29, 1.82) is 0 Å². The topological polar surface area (TPSA) is 6.48 Å². The Labute approximate surface area is 730 Å². The highest BCUT2D eigenvalue weighted by Gasteiger charge is 2.36. The standard InChI is InChI=1S/C64H47N.C59H41N/c1-42-27-32-48(33-28-42)65(49-34-29-43(30-35-49)47-31-37-53-52-24-15-16-26-59(52)64(2,3)60(53)39-47)50-36-38-55-58(40-50)51-23-13-14-25-54(51)62-57(45-19-9-5-10-20-45)41-56(44-17-7-4-8-18-44)61(63(55)62)46-21-11-6-12-22-46;1-40-31-33-46(34-32-40)60(47-26-15-25-45(37-47)50-30-16-24-41-21-11-12-27-49(41)50)48-35-36-53-56(38-48)51-28-13-14-29-52(51)58-55(43-19-7-3-8-20-43)39-54(42-17-5-2-6-18-42)57(59(53)58)44-22-9-4-10-23-44/h4-41H,1-3H3;2-39H,1H3. The molecule has 23 rings (SSSR count). The van der Waals surface area contributed by atoms with Crippen molar-refractivity contribution >= 4 is 110 Å². The van der Waals surface area contributed by atoms with E-state index < -0.39 is 0 Å². The van der Waals surface area contributed by atoms with Gasteiger partial charge in [-0.3, -0.25) is 0 Å². The Balaban J connectivity index is 0.000000149. The third-order valence-corrected chi connectivity index (χ3v) is 26.0. The van der Waals surface area contributed by atoms with Crippen molar-refractivity contribution in [3.63, 3.8) is 0 Å². The lowest BCUT2D eigenvalue weighted by Gasteiger charge is -2.27. The Morgan fingerprint density at radius 3 is 0.992 bits per heavy atom. The Hall–Kier alpha value is -15.7. The van der Waals surface area contributed by atoms with Gasteiger partial charge >= 0.3 is 0 Å². The van der Waals surface area contributed by atoms with E-state index in [0.29, 0.717) is 0 Å². The second-order valence-electron chi connectivity index (χ2n) is 33.8. The molecule has 0 N–H and O–H groups in total. The number of fused-ring (bicyclic) bond motifs is 16. The van der Waals surface area contributed by atoms with E-state index in [1.54, 1.807) is 0 Å². The zero-order valence-electron chi connectivity index (χ0n) is 70.3. The molecule has 0 unspecified atom stereocenters. The first-order valence-corrected chi connectivity index (χ1v) is 43.5. The summed E-state index contributed by atoms with van der Waals surface area (Å²) in [5.74, 6) is 0. The van der Waals surface area contributed by atoms with Crippen LogP contribution < -0.4 is 9.80 Å². The van der Waals surface area contributed by atoms with Gasteiger partial charge in [-0.25, -0.2) is 0 Å². The van der Waals surface area contributed by atoms with Crippen molar-refractivity contribution in [2.45, 2.75) is 33.1 Å². The largest absolute Gasteiger partial charge is 0.310 e. The minimum atomic E-state index is -0.0518. The molecule has 0 aromatic heterocycles. The van der Waals surface area contributed by atoms with E-state index in [0.717, 1.165) is 34.1 Å². The fourth-order valence-electron chi connectivity index (χ4n) is 20.0. The number of rotatable bonds is 14. The molecule has 2 nitrogen and oxygen atoms in total. The van der Waals surface area contributed by atoms with E-state index in [1.807, 2.05) is 0 Å². The van der Waals surface area contributed by atoms with Gasteiger partial charge in [0.05, 0.1) is 0 Å². The van der Waals surface area contributed by atoms with Crippen LogP contribution in [-0.2, 0) is 5.41 Å². The molecule has 1 aliphatic rings. The highest BCUT2D eigenvalue weighted by molar-refractivity contribution is 6.35. The van der Waals surface area contributed by atoms with E-state index in [9.17, 15) is 0 Å². The maximum absolute atomic E-state index is 2.44.